The van der Waals surface area contributed by atoms with Crippen molar-refractivity contribution in [3.63, 3.8) is 0 Å². The summed E-state index contributed by atoms with van der Waals surface area (Å²) in [5.74, 6) is -0.542. The maximum Gasteiger partial charge on any atom is 0.234 e. The Labute approximate surface area is 196 Å². The van der Waals surface area contributed by atoms with Gasteiger partial charge in [0.2, 0.25) is 11.8 Å². The molecule has 3 heterocycles. The van der Waals surface area contributed by atoms with Crippen LogP contribution < -0.4 is 9.80 Å². The second-order valence-corrected chi connectivity index (χ2v) is 9.43. The topological polar surface area (TPSA) is 66.4 Å². The Morgan fingerprint density at radius 3 is 2.73 bits per heavy atom. The molecule has 1 unspecified atom stereocenters. The highest BCUT2D eigenvalue weighted by Crippen LogP contribution is 2.35. The summed E-state index contributed by atoms with van der Waals surface area (Å²) in [6.07, 6.45) is 3.67. The van der Waals surface area contributed by atoms with Crippen molar-refractivity contribution < 1.29 is 9.59 Å². The molecule has 0 N–H and O–H groups in total. The van der Waals surface area contributed by atoms with Gasteiger partial charge in [-0.15, -0.1) is 0 Å². The van der Waals surface area contributed by atoms with E-state index in [-0.39, 0.29) is 18.2 Å². The van der Waals surface area contributed by atoms with E-state index in [0.717, 1.165) is 32.6 Å². The third kappa shape index (κ3) is 4.24. The molecule has 166 valence electrons. The molecular weight excluding hydrogens is 432 g/mol. The SMILES string of the molecule is Cc1cc(C)c2sc(N(Cc3cccnc3)C(=O)C3CC(=O)N(c4ccccc4)C3)nc2c1. The molecule has 6 nitrogen and oxygen atoms in total. The number of hydrogen-bond donors (Lipinski definition) is 0. The summed E-state index contributed by atoms with van der Waals surface area (Å²) in [6.45, 7) is 4.85. The Hall–Kier alpha value is -3.58. The molecule has 0 bridgehead atoms. The molecule has 0 saturated carbocycles. The number of pyridine rings is 1. The van der Waals surface area contributed by atoms with Crippen LogP contribution in [0.1, 0.15) is 23.1 Å². The standard InChI is InChI=1S/C26H24N4O2S/c1-17-11-18(2)24-22(12-17)28-26(33-24)30(15-19-7-6-10-27-14-19)25(32)20-13-23(31)29(16-20)21-8-4-3-5-9-21/h3-12,14,20H,13,15-16H2,1-2H3. The molecule has 0 spiro atoms. The van der Waals surface area contributed by atoms with Gasteiger partial charge in [-0.2, -0.15) is 0 Å². The van der Waals surface area contributed by atoms with E-state index in [4.69, 9.17) is 4.98 Å². The number of amides is 2. The fourth-order valence-electron chi connectivity index (χ4n) is 4.35. The van der Waals surface area contributed by atoms with E-state index >= 15 is 0 Å². The summed E-state index contributed by atoms with van der Waals surface area (Å²) in [5, 5.41) is 0.651. The summed E-state index contributed by atoms with van der Waals surface area (Å²) in [4.78, 5) is 39.0. The van der Waals surface area contributed by atoms with Gasteiger partial charge in [0.1, 0.15) is 0 Å². The summed E-state index contributed by atoms with van der Waals surface area (Å²) >= 11 is 1.52. The maximum atomic E-state index is 13.8. The van der Waals surface area contributed by atoms with E-state index < -0.39 is 5.92 Å². The molecule has 2 aromatic carbocycles. The Bertz CT molecular complexity index is 1320. The highest BCUT2D eigenvalue weighted by atomic mass is 32.1. The third-order valence-electron chi connectivity index (χ3n) is 5.91. The van der Waals surface area contributed by atoms with Gasteiger partial charge in [0.05, 0.1) is 22.7 Å². The molecule has 4 aromatic rings. The van der Waals surface area contributed by atoms with Gasteiger partial charge in [-0.1, -0.05) is 41.7 Å². The predicted molar refractivity (Wildman–Crippen MR) is 131 cm³/mol. The van der Waals surface area contributed by atoms with E-state index in [1.807, 2.05) is 55.5 Å². The number of carbonyl (C=O) groups excluding carboxylic acids is 2. The van der Waals surface area contributed by atoms with Gasteiger partial charge < -0.3 is 4.90 Å². The van der Waals surface area contributed by atoms with Gasteiger partial charge in [0.25, 0.3) is 0 Å². The lowest BCUT2D eigenvalue weighted by molar-refractivity contribution is -0.124. The Kier molecular flexibility index (Phi) is 5.64. The first kappa shape index (κ1) is 21.3. The van der Waals surface area contributed by atoms with E-state index in [0.29, 0.717) is 18.2 Å². The molecule has 33 heavy (non-hydrogen) atoms. The molecule has 1 saturated heterocycles. The Balaban J connectivity index is 1.49. The predicted octanol–water partition coefficient (Wildman–Crippen LogP) is 4.89. The molecule has 0 aliphatic carbocycles. The summed E-state index contributed by atoms with van der Waals surface area (Å²) in [7, 11) is 0. The smallest absolute Gasteiger partial charge is 0.234 e. The number of aromatic nitrogens is 2. The average molecular weight is 457 g/mol. The normalized spacial score (nSPS) is 15.9. The number of hydrogen-bond acceptors (Lipinski definition) is 5. The van der Waals surface area contributed by atoms with Crippen LogP contribution in [0.25, 0.3) is 10.2 Å². The summed E-state index contributed by atoms with van der Waals surface area (Å²) in [5.41, 5.74) is 4.92. The van der Waals surface area contributed by atoms with Crippen molar-refractivity contribution >= 4 is 44.2 Å². The molecule has 7 heteroatoms. The van der Waals surface area contributed by atoms with Crippen molar-refractivity contribution in [1.82, 2.24) is 9.97 Å². The van der Waals surface area contributed by atoms with E-state index in [2.05, 4.69) is 18.0 Å². The maximum absolute atomic E-state index is 13.8. The van der Waals surface area contributed by atoms with Gasteiger partial charge in [-0.25, -0.2) is 4.98 Å². The van der Waals surface area contributed by atoms with Gasteiger partial charge in [-0.3, -0.25) is 19.5 Å². The molecule has 1 fully saturated rings. The molecule has 0 radical (unpaired) electrons. The van der Waals surface area contributed by atoms with Crippen LogP contribution in [0.2, 0.25) is 0 Å². The van der Waals surface area contributed by atoms with Crippen LogP contribution in [0, 0.1) is 19.8 Å². The van der Waals surface area contributed by atoms with Crippen LogP contribution in [0.3, 0.4) is 0 Å². The monoisotopic (exact) mass is 456 g/mol. The number of carbonyl (C=O) groups is 2. The van der Waals surface area contributed by atoms with Gasteiger partial charge >= 0.3 is 0 Å². The largest absolute Gasteiger partial charge is 0.312 e. The van der Waals surface area contributed by atoms with Gasteiger partial charge in [-0.05, 0) is 54.8 Å². The van der Waals surface area contributed by atoms with Crippen molar-refractivity contribution in [2.45, 2.75) is 26.8 Å². The number of rotatable bonds is 5. The summed E-state index contributed by atoms with van der Waals surface area (Å²) in [6, 6.07) is 17.5. The lowest BCUT2D eigenvalue weighted by atomic mass is 10.1. The number of benzene rings is 2. The van der Waals surface area contributed by atoms with Crippen LogP contribution in [-0.2, 0) is 16.1 Å². The van der Waals surface area contributed by atoms with E-state index in [1.54, 1.807) is 22.2 Å². The zero-order chi connectivity index (χ0) is 22.9. The first-order valence-corrected chi connectivity index (χ1v) is 11.7. The van der Waals surface area contributed by atoms with Crippen LogP contribution in [0.4, 0.5) is 10.8 Å². The minimum atomic E-state index is -0.427. The number of fused-ring (bicyclic) bond motifs is 1. The van der Waals surface area contributed by atoms with Crippen molar-refractivity contribution in [2.24, 2.45) is 5.92 Å². The molecule has 1 aliphatic heterocycles. The first-order valence-electron chi connectivity index (χ1n) is 10.9. The number of anilines is 2. The zero-order valence-electron chi connectivity index (χ0n) is 18.6. The second kappa shape index (κ2) is 8.75. The number of nitrogens with zero attached hydrogens (tertiary/aromatic N) is 4. The highest BCUT2D eigenvalue weighted by molar-refractivity contribution is 7.22. The van der Waals surface area contributed by atoms with Crippen LogP contribution in [-0.4, -0.2) is 28.3 Å². The van der Waals surface area contributed by atoms with Crippen molar-refractivity contribution in [2.75, 3.05) is 16.3 Å². The summed E-state index contributed by atoms with van der Waals surface area (Å²) < 4.78 is 1.08. The first-order chi connectivity index (χ1) is 16.0. The molecule has 1 atom stereocenters. The minimum Gasteiger partial charge on any atom is -0.312 e. The lowest BCUT2D eigenvalue weighted by Crippen LogP contribution is -2.37. The van der Waals surface area contributed by atoms with Gasteiger partial charge in [0, 0.05) is 31.0 Å². The van der Waals surface area contributed by atoms with E-state index in [9.17, 15) is 9.59 Å². The fraction of sp³-hybridized carbons (Fsp3) is 0.231. The Morgan fingerprint density at radius 1 is 1.15 bits per heavy atom. The van der Waals surface area contributed by atoms with Crippen LogP contribution in [0.5, 0.6) is 0 Å². The zero-order valence-corrected chi connectivity index (χ0v) is 19.4. The quantitative estimate of drug-likeness (QED) is 0.429. The van der Waals surface area contributed by atoms with Crippen molar-refractivity contribution in [1.29, 1.82) is 0 Å². The molecule has 1 aliphatic rings. The Morgan fingerprint density at radius 2 is 1.97 bits per heavy atom. The van der Waals surface area contributed by atoms with Crippen LogP contribution >= 0.6 is 11.3 Å². The highest BCUT2D eigenvalue weighted by Gasteiger charge is 2.38. The molecule has 2 aromatic heterocycles. The second-order valence-electron chi connectivity index (χ2n) is 8.45. The lowest BCUT2D eigenvalue weighted by Gasteiger charge is -2.23. The van der Waals surface area contributed by atoms with Crippen LogP contribution in [0.15, 0.2) is 67.0 Å². The van der Waals surface area contributed by atoms with E-state index in [1.165, 1.54) is 11.3 Å². The average Bonchev–Trinajstić information content (AvgIpc) is 3.42. The molecule has 5 rings (SSSR count). The number of para-hydroxylation sites is 1. The third-order valence-corrected chi connectivity index (χ3v) is 7.14. The number of thiazole rings is 1. The van der Waals surface area contributed by atoms with Gasteiger partial charge in [0.15, 0.2) is 5.13 Å². The fourth-order valence-corrected chi connectivity index (χ4v) is 5.37. The number of aryl methyl sites for hydroxylation is 2. The van der Waals surface area contributed by atoms with Crippen molar-refractivity contribution in [3.8, 4) is 0 Å². The molecule has 2 amide bonds. The van der Waals surface area contributed by atoms with Crippen molar-refractivity contribution in [3.05, 3.63) is 83.7 Å². The molecular formula is C26H24N4O2S. The minimum absolute atomic E-state index is 0.0309.